The summed E-state index contributed by atoms with van der Waals surface area (Å²) >= 11 is 0. The van der Waals surface area contributed by atoms with E-state index in [-0.39, 0.29) is 0 Å². The van der Waals surface area contributed by atoms with Crippen LogP contribution in [-0.4, -0.2) is 17.3 Å². The zero-order valence-corrected chi connectivity index (χ0v) is 14.0. The number of aryl methyl sites for hydroxylation is 2. The molecule has 2 N–H and O–H groups in total. The average molecular weight is 322 g/mol. The van der Waals surface area contributed by atoms with Gasteiger partial charge in [0.2, 0.25) is 0 Å². The van der Waals surface area contributed by atoms with Crippen LogP contribution in [0, 0.1) is 19.1 Å². The molecule has 1 aromatic heterocycles. The maximum atomic E-state index is 10.9. The van der Waals surface area contributed by atoms with Crippen molar-refractivity contribution in [2.75, 3.05) is 12.6 Å². The monoisotopic (exact) mass is 322 g/mol. The first-order valence-electron chi connectivity index (χ1n) is 7.78. The Hall–Kier alpha value is -2.79. The normalized spacial score (nSPS) is 10.7. The fourth-order valence-corrected chi connectivity index (χ4v) is 2.88. The SMILES string of the molecule is COc1ccc(Cc2c(C)n[nH]c2C)cc1-c1cccc(N[O-])c1. The van der Waals surface area contributed by atoms with E-state index >= 15 is 0 Å². The molecule has 0 bridgehead atoms. The molecule has 3 aromatic rings. The zero-order chi connectivity index (χ0) is 17.1. The van der Waals surface area contributed by atoms with E-state index in [9.17, 15) is 5.21 Å². The quantitative estimate of drug-likeness (QED) is 0.690. The molecule has 3 rings (SSSR count). The first kappa shape index (κ1) is 16.1. The summed E-state index contributed by atoms with van der Waals surface area (Å²) in [6.07, 6.45) is 0.796. The number of aromatic amines is 1. The van der Waals surface area contributed by atoms with Crippen molar-refractivity contribution in [3.05, 3.63) is 70.2 Å². The standard InChI is InChI=1S/C19H20N3O2/c1-12-17(13(2)21-20-12)9-14-7-8-19(24-3)18(10-14)15-5-4-6-16(11-15)22-23/h4-8,10-11,22H,9H2,1-3H3,(H,20,21)/q-1. The molecule has 0 aliphatic carbocycles. The second-order valence-electron chi connectivity index (χ2n) is 5.81. The molecule has 0 saturated heterocycles. The van der Waals surface area contributed by atoms with E-state index < -0.39 is 0 Å². The van der Waals surface area contributed by atoms with Crippen LogP contribution in [0.3, 0.4) is 0 Å². The van der Waals surface area contributed by atoms with E-state index in [4.69, 9.17) is 4.74 Å². The Morgan fingerprint density at radius 3 is 2.67 bits per heavy atom. The molecule has 124 valence electrons. The van der Waals surface area contributed by atoms with Crippen molar-refractivity contribution in [2.24, 2.45) is 0 Å². The summed E-state index contributed by atoms with van der Waals surface area (Å²) in [5.41, 5.74) is 8.85. The van der Waals surface area contributed by atoms with E-state index in [1.807, 2.05) is 43.6 Å². The minimum atomic E-state index is 0.529. The van der Waals surface area contributed by atoms with Gasteiger partial charge in [-0.1, -0.05) is 18.2 Å². The summed E-state index contributed by atoms with van der Waals surface area (Å²) in [4.78, 5) is 0. The van der Waals surface area contributed by atoms with Crippen molar-refractivity contribution < 1.29 is 4.74 Å². The zero-order valence-electron chi connectivity index (χ0n) is 14.0. The summed E-state index contributed by atoms with van der Waals surface area (Å²) in [5, 5.41) is 18.2. The highest BCUT2D eigenvalue weighted by atomic mass is 16.5. The molecule has 0 unspecified atom stereocenters. The predicted octanol–water partition coefficient (Wildman–Crippen LogP) is 4.20. The van der Waals surface area contributed by atoms with Gasteiger partial charge in [-0.25, -0.2) is 0 Å². The maximum absolute atomic E-state index is 10.9. The Bertz CT molecular complexity index is 836. The van der Waals surface area contributed by atoms with E-state index in [0.717, 1.165) is 34.7 Å². The summed E-state index contributed by atoms with van der Waals surface area (Å²) in [6, 6.07) is 13.5. The van der Waals surface area contributed by atoms with Gasteiger partial charge in [-0.05, 0) is 49.2 Å². The summed E-state index contributed by atoms with van der Waals surface area (Å²) < 4.78 is 5.49. The van der Waals surface area contributed by atoms with Crippen LogP contribution in [0.15, 0.2) is 42.5 Å². The van der Waals surface area contributed by atoms with Crippen molar-refractivity contribution in [2.45, 2.75) is 20.3 Å². The first-order chi connectivity index (χ1) is 11.6. The fraction of sp³-hybridized carbons (Fsp3) is 0.211. The van der Waals surface area contributed by atoms with Gasteiger partial charge in [0.15, 0.2) is 0 Å². The molecule has 0 spiro atoms. The number of nitrogens with zero attached hydrogens (tertiary/aromatic N) is 1. The van der Waals surface area contributed by atoms with Gasteiger partial charge in [0.1, 0.15) is 5.75 Å². The van der Waals surface area contributed by atoms with Crippen LogP contribution in [0.2, 0.25) is 0 Å². The number of hydrogen-bond donors (Lipinski definition) is 2. The number of anilines is 1. The smallest absolute Gasteiger partial charge is 0.126 e. The number of hydrogen-bond acceptors (Lipinski definition) is 4. The van der Waals surface area contributed by atoms with E-state index in [1.165, 1.54) is 11.1 Å². The average Bonchev–Trinajstić information content (AvgIpc) is 2.93. The molecule has 0 radical (unpaired) electrons. The van der Waals surface area contributed by atoms with Crippen LogP contribution in [-0.2, 0) is 6.42 Å². The number of H-pyrrole nitrogens is 1. The summed E-state index contributed by atoms with van der Waals surface area (Å²) in [7, 11) is 1.65. The van der Waals surface area contributed by atoms with Crippen LogP contribution in [0.4, 0.5) is 5.69 Å². The number of ether oxygens (including phenoxy) is 1. The van der Waals surface area contributed by atoms with Crippen LogP contribution in [0.5, 0.6) is 5.75 Å². The molecule has 0 aliphatic heterocycles. The minimum absolute atomic E-state index is 0.529. The largest absolute Gasteiger partial charge is 0.761 e. The number of aromatic nitrogens is 2. The van der Waals surface area contributed by atoms with Gasteiger partial charge in [0, 0.05) is 28.9 Å². The Morgan fingerprint density at radius 1 is 1.17 bits per heavy atom. The van der Waals surface area contributed by atoms with E-state index in [1.54, 1.807) is 13.2 Å². The van der Waals surface area contributed by atoms with E-state index in [0.29, 0.717) is 5.69 Å². The number of methoxy groups -OCH3 is 1. The predicted molar refractivity (Wildman–Crippen MR) is 96.3 cm³/mol. The third-order valence-corrected chi connectivity index (χ3v) is 4.22. The fourth-order valence-electron chi connectivity index (χ4n) is 2.88. The van der Waals surface area contributed by atoms with Crippen molar-refractivity contribution in [3.63, 3.8) is 0 Å². The van der Waals surface area contributed by atoms with Crippen LogP contribution < -0.4 is 10.2 Å². The van der Waals surface area contributed by atoms with E-state index in [2.05, 4.69) is 22.3 Å². The molecule has 0 atom stereocenters. The Balaban J connectivity index is 2.02. The molecular formula is C19H20N3O2-. The third-order valence-electron chi connectivity index (χ3n) is 4.22. The lowest BCUT2D eigenvalue weighted by atomic mass is 9.97. The minimum Gasteiger partial charge on any atom is -0.761 e. The first-order valence-corrected chi connectivity index (χ1v) is 7.78. The molecule has 0 amide bonds. The molecule has 5 heteroatoms. The molecule has 0 aliphatic rings. The lowest BCUT2D eigenvalue weighted by molar-refractivity contribution is 0.416. The molecule has 2 aromatic carbocycles. The second kappa shape index (κ2) is 6.76. The van der Waals surface area contributed by atoms with Gasteiger partial charge in [0.25, 0.3) is 0 Å². The Kier molecular flexibility index (Phi) is 4.53. The number of nitrogens with one attached hydrogen (secondary N) is 2. The van der Waals surface area contributed by atoms with Gasteiger partial charge < -0.3 is 15.4 Å². The van der Waals surface area contributed by atoms with Gasteiger partial charge in [-0.3, -0.25) is 5.10 Å². The lowest BCUT2D eigenvalue weighted by Crippen LogP contribution is -1.95. The molecular weight excluding hydrogens is 302 g/mol. The van der Waals surface area contributed by atoms with Crippen molar-refractivity contribution in [3.8, 4) is 16.9 Å². The highest BCUT2D eigenvalue weighted by Gasteiger charge is 2.11. The summed E-state index contributed by atoms with van der Waals surface area (Å²) in [6.45, 7) is 4.04. The number of benzene rings is 2. The number of rotatable bonds is 5. The van der Waals surface area contributed by atoms with Gasteiger partial charge in [0.05, 0.1) is 12.8 Å². The molecule has 1 heterocycles. The lowest BCUT2D eigenvalue weighted by Gasteiger charge is -2.14. The van der Waals surface area contributed by atoms with Crippen molar-refractivity contribution >= 4 is 5.69 Å². The van der Waals surface area contributed by atoms with Crippen LogP contribution in [0.1, 0.15) is 22.5 Å². The van der Waals surface area contributed by atoms with Crippen molar-refractivity contribution in [1.29, 1.82) is 0 Å². The topological polar surface area (TPSA) is 73.0 Å². The van der Waals surface area contributed by atoms with Gasteiger partial charge in [-0.15, -0.1) is 0 Å². The molecule has 5 nitrogen and oxygen atoms in total. The maximum Gasteiger partial charge on any atom is 0.126 e. The van der Waals surface area contributed by atoms with Gasteiger partial charge in [-0.2, -0.15) is 5.10 Å². The van der Waals surface area contributed by atoms with Crippen LogP contribution >= 0.6 is 0 Å². The van der Waals surface area contributed by atoms with Crippen LogP contribution in [0.25, 0.3) is 11.1 Å². The Morgan fingerprint density at radius 2 is 2.00 bits per heavy atom. The summed E-state index contributed by atoms with van der Waals surface area (Å²) in [5.74, 6) is 0.780. The third kappa shape index (κ3) is 3.12. The molecule has 0 saturated carbocycles. The Labute approximate surface area is 141 Å². The molecule has 24 heavy (non-hydrogen) atoms. The second-order valence-corrected chi connectivity index (χ2v) is 5.81. The molecule has 0 fully saturated rings. The van der Waals surface area contributed by atoms with Gasteiger partial charge >= 0.3 is 0 Å². The highest BCUT2D eigenvalue weighted by molar-refractivity contribution is 5.74. The van der Waals surface area contributed by atoms with Crippen molar-refractivity contribution in [1.82, 2.24) is 10.2 Å². The highest BCUT2D eigenvalue weighted by Crippen LogP contribution is 2.33.